The third-order valence-electron chi connectivity index (χ3n) is 4.98. The summed E-state index contributed by atoms with van der Waals surface area (Å²) in [6, 6.07) is 0. The Bertz CT molecular complexity index is 262. The van der Waals surface area contributed by atoms with Gasteiger partial charge in [-0.25, -0.2) is 8.78 Å². The maximum Gasteiger partial charge on any atom is 0.135 e. The maximum absolute atomic E-state index is 14.2. The summed E-state index contributed by atoms with van der Waals surface area (Å²) in [6.45, 7) is 4.41. The Kier molecular flexibility index (Phi) is 4.80. The van der Waals surface area contributed by atoms with Crippen LogP contribution in [0.25, 0.3) is 0 Å². The largest absolute Gasteiger partial charge is 0.209 e. The van der Waals surface area contributed by atoms with Crippen LogP contribution in [0.5, 0.6) is 0 Å². The van der Waals surface area contributed by atoms with Crippen LogP contribution in [0.2, 0.25) is 0 Å². The first-order valence-corrected chi connectivity index (χ1v) is 7.63. The summed E-state index contributed by atoms with van der Waals surface area (Å²) in [4.78, 5) is 0. The van der Waals surface area contributed by atoms with Gasteiger partial charge in [-0.1, -0.05) is 39.5 Å². The van der Waals surface area contributed by atoms with E-state index in [1.165, 1.54) is 0 Å². The average Bonchev–Trinajstić information content (AvgIpc) is 2.39. The summed E-state index contributed by atoms with van der Waals surface area (Å²) >= 11 is 0. The molecule has 0 unspecified atom stereocenters. The zero-order chi connectivity index (χ0) is 13.1. The van der Waals surface area contributed by atoms with Gasteiger partial charge in [0.25, 0.3) is 0 Å². The fourth-order valence-corrected chi connectivity index (χ4v) is 3.42. The van der Waals surface area contributed by atoms with E-state index in [1.807, 2.05) is 0 Å². The van der Waals surface area contributed by atoms with Crippen LogP contribution in [-0.4, -0.2) is 0 Å². The van der Waals surface area contributed by atoms with Gasteiger partial charge in [0.2, 0.25) is 0 Å². The molecule has 0 radical (unpaired) electrons. The smallest absolute Gasteiger partial charge is 0.135 e. The van der Waals surface area contributed by atoms with Gasteiger partial charge in [-0.05, 0) is 37.5 Å². The second-order valence-corrected chi connectivity index (χ2v) is 6.61. The second-order valence-electron chi connectivity index (χ2n) is 6.61. The van der Waals surface area contributed by atoms with Crippen molar-refractivity contribution in [3.8, 4) is 0 Å². The van der Waals surface area contributed by atoms with Crippen LogP contribution in [0.15, 0.2) is 11.7 Å². The quantitative estimate of drug-likeness (QED) is 0.586. The van der Waals surface area contributed by atoms with E-state index >= 15 is 0 Å². The van der Waals surface area contributed by atoms with Crippen LogP contribution in [0.1, 0.15) is 65.2 Å². The van der Waals surface area contributed by atoms with Gasteiger partial charge in [-0.3, -0.25) is 0 Å². The number of halogens is 2. The van der Waals surface area contributed by atoms with Crippen molar-refractivity contribution in [3.63, 3.8) is 0 Å². The normalized spacial score (nSPS) is 39.3. The van der Waals surface area contributed by atoms with E-state index in [1.54, 1.807) is 0 Å². The van der Waals surface area contributed by atoms with Crippen molar-refractivity contribution < 1.29 is 8.78 Å². The van der Waals surface area contributed by atoms with Crippen molar-refractivity contribution in [3.05, 3.63) is 11.7 Å². The minimum absolute atomic E-state index is 0.124. The molecule has 2 saturated carbocycles. The van der Waals surface area contributed by atoms with Crippen LogP contribution in [-0.2, 0) is 0 Å². The monoisotopic (exact) mass is 256 g/mol. The van der Waals surface area contributed by atoms with E-state index in [4.69, 9.17) is 0 Å². The molecule has 104 valence electrons. The van der Waals surface area contributed by atoms with Crippen molar-refractivity contribution in [2.75, 3.05) is 0 Å². The number of allylic oxidation sites excluding steroid dienone is 2. The zero-order valence-corrected chi connectivity index (χ0v) is 11.7. The maximum atomic E-state index is 14.2. The van der Waals surface area contributed by atoms with Gasteiger partial charge in [-0.15, -0.1) is 0 Å². The third-order valence-corrected chi connectivity index (χ3v) is 4.98. The predicted molar refractivity (Wildman–Crippen MR) is 71.5 cm³/mol. The summed E-state index contributed by atoms with van der Waals surface area (Å²) in [5.74, 6) is 0.323. The molecule has 0 aliphatic heterocycles. The van der Waals surface area contributed by atoms with Crippen molar-refractivity contribution >= 4 is 0 Å². The molecular weight excluding hydrogens is 230 g/mol. The van der Waals surface area contributed by atoms with E-state index in [0.29, 0.717) is 11.8 Å². The van der Waals surface area contributed by atoms with E-state index in [2.05, 4.69) is 13.8 Å². The highest BCUT2D eigenvalue weighted by Crippen LogP contribution is 2.40. The Morgan fingerprint density at radius 3 is 1.17 bits per heavy atom. The topological polar surface area (TPSA) is 0 Å². The molecular formula is C16H26F2. The van der Waals surface area contributed by atoms with Gasteiger partial charge in [0.05, 0.1) is 0 Å². The molecule has 0 N–H and O–H groups in total. The average molecular weight is 256 g/mol. The number of rotatable bonds is 2. The van der Waals surface area contributed by atoms with Gasteiger partial charge in [-0.2, -0.15) is 0 Å². The molecule has 2 aliphatic carbocycles. The molecule has 0 atom stereocenters. The first kappa shape index (κ1) is 14.0. The molecule has 0 aromatic carbocycles. The summed E-state index contributed by atoms with van der Waals surface area (Å²) in [6.07, 6.45) is 7.54. The number of hydrogen-bond acceptors (Lipinski definition) is 0. The molecule has 2 rings (SSSR count). The van der Waals surface area contributed by atoms with E-state index < -0.39 is 11.7 Å². The van der Waals surface area contributed by atoms with Crippen LogP contribution >= 0.6 is 0 Å². The standard InChI is InChI=1S/C16H26F2/c1-11-3-7-13(8-4-11)15(17)16(18)14-9-5-12(2)6-10-14/h11-14H,3-10H2,1-2H3/b16-15+. The fourth-order valence-electron chi connectivity index (χ4n) is 3.42. The lowest BCUT2D eigenvalue weighted by atomic mass is 9.79. The van der Waals surface area contributed by atoms with E-state index in [9.17, 15) is 8.78 Å². The Morgan fingerprint density at radius 1 is 0.611 bits per heavy atom. The zero-order valence-electron chi connectivity index (χ0n) is 11.7. The summed E-state index contributed by atoms with van der Waals surface area (Å²) < 4.78 is 28.4. The lowest BCUT2D eigenvalue weighted by Crippen LogP contribution is -2.17. The Hall–Kier alpha value is -0.400. The molecule has 0 amide bonds. The summed E-state index contributed by atoms with van der Waals surface area (Å²) in [5, 5.41) is 0. The summed E-state index contributed by atoms with van der Waals surface area (Å²) in [7, 11) is 0. The highest BCUT2D eigenvalue weighted by atomic mass is 19.2. The molecule has 0 spiro atoms. The van der Waals surface area contributed by atoms with Gasteiger partial charge in [0.1, 0.15) is 11.7 Å². The van der Waals surface area contributed by atoms with Crippen molar-refractivity contribution in [1.82, 2.24) is 0 Å². The molecule has 2 heteroatoms. The SMILES string of the molecule is CC1CCC(/C(F)=C(\F)C2CCC(C)CC2)CC1. The van der Waals surface area contributed by atoms with Crippen LogP contribution in [0.4, 0.5) is 8.78 Å². The third kappa shape index (κ3) is 3.33. The molecule has 0 aromatic heterocycles. The van der Waals surface area contributed by atoms with Crippen LogP contribution < -0.4 is 0 Å². The minimum atomic E-state index is -0.401. The molecule has 0 nitrogen and oxygen atoms in total. The van der Waals surface area contributed by atoms with Gasteiger partial charge in [0, 0.05) is 11.8 Å². The lowest BCUT2D eigenvalue weighted by molar-refractivity contribution is 0.247. The molecule has 0 aromatic rings. The molecule has 2 aliphatic rings. The minimum Gasteiger partial charge on any atom is -0.209 e. The van der Waals surface area contributed by atoms with E-state index in [-0.39, 0.29) is 11.8 Å². The first-order chi connectivity index (χ1) is 8.58. The predicted octanol–water partition coefficient (Wildman–Crippen LogP) is 5.79. The molecule has 0 heterocycles. The van der Waals surface area contributed by atoms with Gasteiger partial charge < -0.3 is 0 Å². The fraction of sp³-hybridized carbons (Fsp3) is 0.875. The second kappa shape index (κ2) is 6.16. The van der Waals surface area contributed by atoms with Crippen molar-refractivity contribution in [1.29, 1.82) is 0 Å². The molecule has 18 heavy (non-hydrogen) atoms. The Labute approximate surface area is 110 Å². The first-order valence-electron chi connectivity index (χ1n) is 7.63. The van der Waals surface area contributed by atoms with Crippen LogP contribution in [0.3, 0.4) is 0 Å². The van der Waals surface area contributed by atoms with Gasteiger partial charge in [0.15, 0.2) is 0 Å². The Balaban J connectivity index is 1.96. The highest BCUT2D eigenvalue weighted by molar-refractivity contribution is 5.09. The van der Waals surface area contributed by atoms with E-state index in [0.717, 1.165) is 51.4 Å². The molecule has 2 fully saturated rings. The lowest BCUT2D eigenvalue weighted by Gasteiger charge is -2.28. The molecule has 0 saturated heterocycles. The Morgan fingerprint density at radius 2 is 0.889 bits per heavy atom. The van der Waals surface area contributed by atoms with Crippen molar-refractivity contribution in [2.45, 2.75) is 65.2 Å². The summed E-state index contributed by atoms with van der Waals surface area (Å²) in [5.41, 5.74) is 0. The van der Waals surface area contributed by atoms with Gasteiger partial charge >= 0.3 is 0 Å². The van der Waals surface area contributed by atoms with Crippen molar-refractivity contribution in [2.24, 2.45) is 23.7 Å². The molecule has 0 bridgehead atoms. The number of hydrogen-bond donors (Lipinski definition) is 0. The highest BCUT2D eigenvalue weighted by Gasteiger charge is 2.29. The van der Waals surface area contributed by atoms with Crippen LogP contribution in [0, 0.1) is 23.7 Å².